The molecule has 6 heteroatoms. The topological polar surface area (TPSA) is 22.0 Å². The molecule has 21 heavy (non-hydrogen) atoms. The Labute approximate surface area is 124 Å². The fourth-order valence-corrected chi connectivity index (χ4v) is 4.24. The normalized spacial score (nSPS) is 12.0. The summed E-state index contributed by atoms with van der Waals surface area (Å²) in [6.45, 7) is 0.339. The van der Waals surface area contributed by atoms with Crippen molar-refractivity contribution in [1.82, 2.24) is 3.56 Å². The number of benzene rings is 2. The standard InChI is InChI=1S/C15H10F3NOSe/c16-15(17,18)11-7-5-10(6-8-11)9-19-14(20)12-3-1-2-4-13(12)21-19/h1-8H,9H2. The van der Waals surface area contributed by atoms with Crippen molar-refractivity contribution in [3.8, 4) is 0 Å². The van der Waals surface area contributed by atoms with Crippen LogP contribution in [0, 0.1) is 0 Å². The van der Waals surface area contributed by atoms with Gasteiger partial charge in [-0.3, -0.25) is 0 Å². The van der Waals surface area contributed by atoms with Crippen LogP contribution in [0.15, 0.2) is 53.3 Å². The molecule has 3 rings (SSSR count). The van der Waals surface area contributed by atoms with Crippen LogP contribution in [0.5, 0.6) is 0 Å². The van der Waals surface area contributed by atoms with Gasteiger partial charge in [-0.1, -0.05) is 0 Å². The van der Waals surface area contributed by atoms with E-state index in [0.29, 0.717) is 17.5 Å². The second-order valence-electron chi connectivity index (χ2n) is 4.62. The molecule has 2 aromatic carbocycles. The van der Waals surface area contributed by atoms with E-state index < -0.39 is 11.7 Å². The van der Waals surface area contributed by atoms with Gasteiger partial charge in [-0.15, -0.1) is 0 Å². The molecule has 0 aliphatic carbocycles. The van der Waals surface area contributed by atoms with Crippen molar-refractivity contribution in [3.63, 3.8) is 0 Å². The van der Waals surface area contributed by atoms with E-state index in [0.717, 1.165) is 16.4 Å². The molecular formula is C15H10F3NOSe. The molecule has 0 aliphatic heterocycles. The van der Waals surface area contributed by atoms with E-state index in [4.69, 9.17) is 0 Å². The molecule has 0 unspecified atom stereocenters. The van der Waals surface area contributed by atoms with E-state index in [9.17, 15) is 18.0 Å². The van der Waals surface area contributed by atoms with Crippen LogP contribution in [0.4, 0.5) is 13.2 Å². The Morgan fingerprint density at radius 3 is 2.29 bits per heavy atom. The van der Waals surface area contributed by atoms with Crippen LogP contribution < -0.4 is 5.56 Å². The van der Waals surface area contributed by atoms with Crippen LogP contribution in [0.2, 0.25) is 0 Å². The average Bonchev–Trinajstić information content (AvgIpc) is 2.76. The summed E-state index contributed by atoms with van der Waals surface area (Å²) in [7, 11) is 0. The molecule has 3 aromatic rings. The fourth-order valence-electron chi connectivity index (χ4n) is 2.09. The summed E-state index contributed by atoms with van der Waals surface area (Å²) < 4.78 is 40.2. The summed E-state index contributed by atoms with van der Waals surface area (Å²) in [6.07, 6.45) is -4.33. The molecule has 0 atom stereocenters. The Morgan fingerprint density at radius 1 is 1.00 bits per heavy atom. The van der Waals surface area contributed by atoms with Gasteiger partial charge in [0.05, 0.1) is 0 Å². The molecule has 0 spiro atoms. The van der Waals surface area contributed by atoms with Gasteiger partial charge in [-0.2, -0.15) is 0 Å². The zero-order valence-corrected chi connectivity index (χ0v) is 12.4. The quantitative estimate of drug-likeness (QED) is 0.647. The van der Waals surface area contributed by atoms with E-state index in [-0.39, 0.29) is 20.3 Å². The Kier molecular flexibility index (Phi) is 3.51. The van der Waals surface area contributed by atoms with Gasteiger partial charge in [0.25, 0.3) is 0 Å². The molecule has 0 saturated heterocycles. The summed E-state index contributed by atoms with van der Waals surface area (Å²) in [5.41, 5.74) is -0.0238. The molecule has 2 nitrogen and oxygen atoms in total. The first-order chi connectivity index (χ1) is 9.95. The molecular weight excluding hydrogens is 346 g/mol. The van der Waals surface area contributed by atoms with Gasteiger partial charge in [0.1, 0.15) is 0 Å². The van der Waals surface area contributed by atoms with Crippen LogP contribution in [-0.4, -0.2) is 18.3 Å². The zero-order chi connectivity index (χ0) is 15.0. The van der Waals surface area contributed by atoms with Crippen molar-refractivity contribution >= 4 is 24.4 Å². The number of alkyl halides is 3. The van der Waals surface area contributed by atoms with E-state index in [1.807, 2.05) is 18.2 Å². The van der Waals surface area contributed by atoms with Crippen molar-refractivity contribution in [1.29, 1.82) is 0 Å². The van der Waals surface area contributed by atoms with Crippen molar-refractivity contribution in [2.24, 2.45) is 0 Å². The first-order valence-electron chi connectivity index (χ1n) is 6.20. The Morgan fingerprint density at radius 2 is 1.67 bits per heavy atom. The average molecular weight is 356 g/mol. The van der Waals surface area contributed by atoms with Gasteiger partial charge in [0.2, 0.25) is 0 Å². The minimum absolute atomic E-state index is 0.0505. The zero-order valence-electron chi connectivity index (χ0n) is 10.7. The van der Waals surface area contributed by atoms with Crippen LogP contribution in [-0.2, 0) is 12.7 Å². The second kappa shape index (κ2) is 5.20. The SMILES string of the molecule is O=c1c2ccccc2[se]n1Cc1ccc(C(F)(F)F)cc1. The Hall–Kier alpha value is -1.78. The number of rotatable bonds is 2. The molecule has 0 N–H and O–H groups in total. The second-order valence-corrected chi connectivity index (χ2v) is 6.85. The van der Waals surface area contributed by atoms with Crippen LogP contribution in [0.25, 0.3) is 9.65 Å². The van der Waals surface area contributed by atoms with Gasteiger partial charge in [0, 0.05) is 0 Å². The predicted molar refractivity (Wildman–Crippen MR) is 75.7 cm³/mol. The predicted octanol–water partition coefficient (Wildman–Crippen LogP) is 3.13. The van der Waals surface area contributed by atoms with Crippen molar-refractivity contribution in [2.45, 2.75) is 12.7 Å². The number of halogens is 3. The van der Waals surface area contributed by atoms with Gasteiger partial charge in [-0.05, 0) is 0 Å². The first-order valence-corrected chi connectivity index (χ1v) is 7.82. The third kappa shape index (κ3) is 2.82. The number of fused-ring (bicyclic) bond motifs is 1. The van der Waals surface area contributed by atoms with E-state index in [1.165, 1.54) is 12.1 Å². The summed E-state index contributed by atoms with van der Waals surface area (Å²) in [5.74, 6) is 0. The molecule has 0 bridgehead atoms. The van der Waals surface area contributed by atoms with Gasteiger partial charge < -0.3 is 0 Å². The van der Waals surface area contributed by atoms with Gasteiger partial charge in [-0.25, -0.2) is 0 Å². The van der Waals surface area contributed by atoms with E-state index in [2.05, 4.69) is 0 Å². The molecule has 108 valence electrons. The summed E-state index contributed by atoms with van der Waals surface area (Å²) in [4.78, 5) is 12.2. The van der Waals surface area contributed by atoms with Crippen LogP contribution >= 0.6 is 0 Å². The molecule has 0 radical (unpaired) electrons. The minimum atomic E-state index is -4.33. The third-order valence-electron chi connectivity index (χ3n) is 3.16. The maximum absolute atomic E-state index is 12.5. The van der Waals surface area contributed by atoms with Crippen LogP contribution in [0.3, 0.4) is 0 Å². The van der Waals surface area contributed by atoms with Crippen molar-refractivity contribution in [3.05, 3.63) is 70.0 Å². The fraction of sp³-hybridized carbons (Fsp3) is 0.133. The monoisotopic (exact) mass is 357 g/mol. The molecule has 0 aliphatic rings. The maximum atomic E-state index is 12.5. The third-order valence-corrected chi connectivity index (χ3v) is 5.40. The Balaban J connectivity index is 1.92. The molecule has 0 amide bonds. The molecule has 0 saturated carbocycles. The van der Waals surface area contributed by atoms with Crippen LogP contribution in [0.1, 0.15) is 11.1 Å². The molecule has 0 fully saturated rings. The summed E-state index contributed by atoms with van der Waals surface area (Å²) in [6, 6.07) is 12.4. The molecule has 1 aromatic heterocycles. The number of hydrogen-bond acceptors (Lipinski definition) is 1. The van der Waals surface area contributed by atoms with Crippen molar-refractivity contribution in [2.75, 3.05) is 0 Å². The summed E-state index contributed by atoms with van der Waals surface area (Å²) >= 11 is -0.115. The van der Waals surface area contributed by atoms with Crippen molar-refractivity contribution < 1.29 is 13.2 Å². The Bertz CT molecular complexity index is 830. The summed E-state index contributed by atoms with van der Waals surface area (Å²) in [5, 5.41) is 0.699. The van der Waals surface area contributed by atoms with E-state index in [1.54, 1.807) is 9.63 Å². The van der Waals surface area contributed by atoms with E-state index >= 15 is 0 Å². The number of aromatic nitrogens is 1. The number of nitrogens with zero attached hydrogens (tertiary/aromatic N) is 1. The first kappa shape index (κ1) is 14.2. The van der Waals surface area contributed by atoms with Gasteiger partial charge in [0.15, 0.2) is 0 Å². The van der Waals surface area contributed by atoms with Gasteiger partial charge >= 0.3 is 124 Å². The number of hydrogen-bond donors (Lipinski definition) is 0. The molecule has 1 heterocycles.